The molecule has 4 rings (SSSR count). The molecule has 3 aromatic carbocycles. The van der Waals surface area contributed by atoms with Crippen molar-refractivity contribution >= 4 is 5.71 Å². The Hall–Kier alpha value is -2.93. The molecule has 0 bridgehead atoms. The van der Waals surface area contributed by atoms with E-state index >= 15 is 0 Å². The molecule has 0 saturated heterocycles. The molecule has 3 aromatic rings. The summed E-state index contributed by atoms with van der Waals surface area (Å²) in [5, 5.41) is 0. The van der Waals surface area contributed by atoms with E-state index in [1.54, 1.807) is 0 Å². The van der Waals surface area contributed by atoms with Crippen LogP contribution in [0.3, 0.4) is 0 Å². The molecule has 0 fully saturated rings. The molecule has 146 valence electrons. The predicted molar refractivity (Wildman–Crippen MR) is 125 cm³/mol. The maximum atomic E-state index is 4.78. The van der Waals surface area contributed by atoms with E-state index in [2.05, 4.69) is 107 Å². The minimum absolute atomic E-state index is 0.206. The SMILES string of the molecule is CC(C)c1cc(-c2ccccc2)cc(C(C)C)c1C1C=CN=C1c1ccccc1. The highest BCUT2D eigenvalue weighted by molar-refractivity contribution is 6.08. The summed E-state index contributed by atoms with van der Waals surface area (Å²) < 4.78 is 0. The standard InChI is InChI=1S/C28H29N/c1-19(2)25-17-23(21-11-7-5-8-12-21)18-26(20(3)4)27(25)24-15-16-29-28(24)22-13-9-6-10-14-22/h5-20,24H,1-4H3. The largest absolute Gasteiger partial charge is 0.260 e. The van der Waals surface area contributed by atoms with Crippen LogP contribution in [0.1, 0.15) is 67.7 Å². The van der Waals surface area contributed by atoms with Crippen molar-refractivity contribution in [1.82, 2.24) is 0 Å². The van der Waals surface area contributed by atoms with E-state index < -0.39 is 0 Å². The fraction of sp³-hybridized carbons (Fsp3) is 0.250. The molecule has 0 saturated carbocycles. The maximum Gasteiger partial charge on any atom is 0.0589 e. The average molecular weight is 380 g/mol. The van der Waals surface area contributed by atoms with E-state index in [0.29, 0.717) is 11.8 Å². The van der Waals surface area contributed by atoms with Gasteiger partial charge in [0.2, 0.25) is 0 Å². The average Bonchev–Trinajstić information content (AvgIpc) is 3.23. The van der Waals surface area contributed by atoms with Crippen LogP contribution in [-0.2, 0) is 0 Å². The summed E-state index contributed by atoms with van der Waals surface area (Å²) in [7, 11) is 0. The normalized spacial score (nSPS) is 15.9. The molecular formula is C28H29N. The van der Waals surface area contributed by atoms with Gasteiger partial charge in [-0.25, -0.2) is 0 Å². The van der Waals surface area contributed by atoms with E-state index in [1.807, 2.05) is 6.20 Å². The smallest absolute Gasteiger partial charge is 0.0589 e. The molecule has 29 heavy (non-hydrogen) atoms. The van der Waals surface area contributed by atoms with Crippen molar-refractivity contribution in [2.24, 2.45) is 4.99 Å². The molecule has 0 radical (unpaired) electrons. The molecule has 0 spiro atoms. The van der Waals surface area contributed by atoms with Crippen molar-refractivity contribution in [3.8, 4) is 11.1 Å². The van der Waals surface area contributed by atoms with E-state index in [1.165, 1.54) is 33.4 Å². The van der Waals surface area contributed by atoms with Crippen molar-refractivity contribution in [1.29, 1.82) is 0 Å². The summed E-state index contributed by atoms with van der Waals surface area (Å²) in [6, 6.07) is 26.1. The lowest BCUT2D eigenvalue weighted by atomic mass is 9.77. The van der Waals surface area contributed by atoms with Gasteiger partial charge in [0, 0.05) is 12.1 Å². The summed E-state index contributed by atoms with van der Waals surface area (Å²) >= 11 is 0. The van der Waals surface area contributed by atoms with Crippen LogP contribution in [0.15, 0.2) is 90.1 Å². The number of hydrogen-bond donors (Lipinski definition) is 0. The van der Waals surface area contributed by atoms with Crippen LogP contribution >= 0.6 is 0 Å². The van der Waals surface area contributed by atoms with Crippen molar-refractivity contribution in [2.45, 2.75) is 45.4 Å². The van der Waals surface area contributed by atoms with Gasteiger partial charge in [-0.15, -0.1) is 0 Å². The third-order valence-corrected chi connectivity index (χ3v) is 5.76. The molecule has 0 aliphatic carbocycles. The quantitative estimate of drug-likeness (QED) is 0.430. The molecule has 1 unspecified atom stereocenters. The zero-order chi connectivity index (χ0) is 20.4. The summed E-state index contributed by atoms with van der Waals surface area (Å²) in [6.45, 7) is 9.21. The van der Waals surface area contributed by atoms with Gasteiger partial charge in [-0.05, 0) is 45.2 Å². The number of nitrogens with zero attached hydrogens (tertiary/aromatic N) is 1. The monoisotopic (exact) mass is 379 g/mol. The Morgan fingerprint density at radius 3 is 1.69 bits per heavy atom. The van der Waals surface area contributed by atoms with Gasteiger partial charge < -0.3 is 0 Å². The Balaban J connectivity index is 1.91. The van der Waals surface area contributed by atoms with Gasteiger partial charge in [0.25, 0.3) is 0 Å². The topological polar surface area (TPSA) is 12.4 Å². The Kier molecular flexibility index (Phi) is 5.49. The number of hydrogen-bond acceptors (Lipinski definition) is 1. The van der Waals surface area contributed by atoms with Gasteiger partial charge in [0.1, 0.15) is 0 Å². The maximum absolute atomic E-state index is 4.78. The van der Waals surface area contributed by atoms with Crippen molar-refractivity contribution in [2.75, 3.05) is 0 Å². The lowest BCUT2D eigenvalue weighted by Crippen LogP contribution is -2.15. The zero-order valence-electron chi connectivity index (χ0n) is 17.8. The second-order valence-electron chi connectivity index (χ2n) is 8.44. The van der Waals surface area contributed by atoms with Crippen LogP contribution < -0.4 is 0 Å². The van der Waals surface area contributed by atoms with E-state index in [0.717, 1.165) is 5.71 Å². The molecule has 1 aliphatic rings. The number of aliphatic imine (C=N–C) groups is 1. The Bertz CT molecular complexity index is 1010. The van der Waals surface area contributed by atoms with Crippen LogP contribution in [-0.4, -0.2) is 5.71 Å². The van der Waals surface area contributed by atoms with Crippen molar-refractivity contribution in [3.63, 3.8) is 0 Å². The van der Waals surface area contributed by atoms with Crippen LogP contribution in [0.25, 0.3) is 11.1 Å². The first kappa shape index (κ1) is 19.4. The molecule has 1 nitrogen and oxygen atoms in total. The van der Waals surface area contributed by atoms with Crippen LogP contribution in [0.2, 0.25) is 0 Å². The minimum atomic E-state index is 0.206. The highest BCUT2D eigenvalue weighted by Crippen LogP contribution is 2.40. The van der Waals surface area contributed by atoms with Crippen molar-refractivity contribution in [3.05, 3.63) is 107 Å². The van der Waals surface area contributed by atoms with E-state index in [-0.39, 0.29) is 5.92 Å². The number of benzene rings is 3. The highest BCUT2D eigenvalue weighted by Gasteiger charge is 2.28. The molecule has 1 atom stereocenters. The highest BCUT2D eigenvalue weighted by atomic mass is 14.7. The zero-order valence-corrected chi connectivity index (χ0v) is 17.8. The molecule has 1 heteroatoms. The molecule has 1 aliphatic heterocycles. The summed E-state index contributed by atoms with van der Waals surface area (Å²) in [4.78, 5) is 4.78. The van der Waals surface area contributed by atoms with Crippen LogP contribution in [0, 0.1) is 0 Å². The Morgan fingerprint density at radius 2 is 1.17 bits per heavy atom. The lowest BCUT2D eigenvalue weighted by Gasteiger charge is -2.26. The lowest BCUT2D eigenvalue weighted by molar-refractivity contribution is 0.802. The fourth-order valence-electron chi connectivity index (χ4n) is 4.29. The van der Waals surface area contributed by atoms with E-state index in [9.17, 15) is 0 Å². The Morgan fingerprint density at radius 1 is 0.655 bits per heavy atom. The van der Waals surface area contributed by atoms with Gasteiger partial charge in [-0.3, -0.25) is 4.99 Å². The molecule has 0 N–H and O–H groups in total. The first-order valence-corrected chi connectivity index (χ1v) is 10.6. The first-order chi connectivity index (χ1) is 14.1. The van der Waals surface area contributed by atoms with Gasteiger partial charge in [0.15, 0.2) is 0 Å². The second-order valence-corrected chi connectivity index (χ2v) is 8.44. The predicted octanol–water partition coefficient (Wildman–Crippen LogP) is 7.70. The summed E-state index contributed by atoms with van der Waals surface area (Å²) in [5.41, 5.74) is 9.24. The third kappa shape index (κ3) is 3.82. The number of rotatable bonds is 5. The Labute approximate surface area is 174 Å². The van der Waals surface area contributed by atoms with Gasteiger partial charge in [0.05, 0.1) is 5.71 Å². The molecular weight excluding hydrogens is 350 g/mol. The number of allylic oxidation sites excluding steroid dienone is 1. The summed E-state index contributed by atoms with van der Waals surface area (Å²) in [5.74, 6) is 1.09. The van der Waals surface area contributed by atoms with Crippen LogP contribution in [0.4, 0.5) is 0 Å². The minimum Gasteiger partial charge on any atom is -0.260 e. The van der Waals surface area contributed by atoms with E-state index in [4.69, 9.17) is 4.99 Å². The third-order valence-electron chi connectivity index (χ3n) is 5.76. The molecule has 0 amide bonds. The van der Waals surface area contributed by atoms with Crippen LogP contribution in [0.5, 0.6) is 0 Å². The molecule has 0 aromatic heterocycles. The van der Waals surface area contributed by atoms with Crippen molar-refractivity contribution < 1.29 is 0 Å². The van der Waals surface area contributed by atoms with Gasteiger partial charge >= 0.3 is 0 Å². The first-order valence-electron chi connectivity index (χ1n) is 10.6. The summed E-state index contributed by atoms with van der Waals surface area (Å²) in [6.07, 6.45) is 4.24. The fourth-order valence-corrected chi connectivity index (χ4v) is 4.29. The van der Waals surface area contributed by atoms with Gasteiger partial charge in [-0.2, -0.15) is 0 Å². The molecule has 1 heterocycles. The van der Waals surface area contributed by atoms with Gasteiger partial charge in [-0.1, -0.05) is 107 Å². The second kappa shape index (κ2) is 8.21.